The zero-order valence-electron chi connectivity index (χ0n) is 18.7. The standard InChI is InChI=1S/C24H25N5O4S/c1-12-26-23(29(28-12)15-8-9-16-18(10-15)34-13(2)27-16)22-20(30)19(25)21-17(32-22)11-31-24(33-21)14-6-4-3-5-7-14/h3-10,17,19-22,24,30H,11,25H2,1-2H3/t17?,19-,20?,21+,22-,24?/m1/s1. The molecule has 6 rings (SSSR count). The number of aryl methyl sites for hydroxylation is 2. The molecule has 2 aromatic heterocycles. The van der Waals surface area contributed by atoms with Crippen molar-refractivity contribution in [3.8, 4) is 5.69 Å². The van der Waals surface area contributed by atoms with Gasteiger partial charge in [-0.1, -0.05) is 30.3 Å². The lowest BCUT2D eigenvalue weighted by Gasteiger charge is -2.46. The van der Waals surface area contributed by atoms with E-state index in [2.05, 4.69) is 15.1 Å². The average Bonchev–Trinajstić information content (AvgIpc) is 3.42. The molecule has 0 aliphatic carbocycles. The van der Waals surface area contributed by atoms with Gasteiger partial charge in [-0.2, -0.15) is 5.10 Å². The number of nitrogens with two attached hydrogens (primary N) is 1. The lowest BCUT2D eigenvalue weighted by Crippen LogP contribution is -2.62. The molecule has 2 aliphatic rings. The molecule has 0 amide bonds. The van der Waals surface area contributed by atoms with Crippen molar-refractivity contribution >= 4 is 21.6 Å². The van der Waals surface area contributed by atoms with Crippen molar-refractivity contribution in [2.75, 3.05) is 6.61 Å². The summed E-state index contributed by atoms with van der Waals surface area (Å²) in [5.74, 6) is 1.06. The minimum absolute atomic E-state index is 0.292. The molecular weight excluding hydrogens is 454 g/mol. The van der Waals surface area contributed by atoms with Crippen LogP contribution in [0.4, 0.5) is 0 Å². The first-order valence-corrected chi connectivity index (χ1v) is 12.0. The smallest absolute Gasteiger partial charge is 0.184 e. The fourth-order valence-corrected chi connectivity index (χ4v) is 5.49. The third-order valence-corrected chi connectivity index (χ3v) is 7.19. The quantitative estimate of drug-likeness (QED) is 0.461. The van der Waals surface area contributed by atoms with Crippen molar-refractivity contribution in [3.05, 3.63) is 70.8 Å². The number of fused-ring (bicyclic) bond motifs is 2. The minimum Gasteiger partial charge on any atom is -0.388 e. The van der Waals surface area contributed by atoms with Gasteiger partial charge in [0.15, 0.2) is 12.1 Å². The van der Waals surface area contributed by atoms with Crippen molar-refractivity contribution in [1.82, 2.24) is 19.7 Å². The highest BCUT2D eigenvalue weighted by atomic mass is 32.1. The highest BCUT2D eigenvalue weighted by molar-refractivity contribution is 7.18. The van der Waals surface area contributed by atoms with E-state index in [1.54, 1.807) is 16.0 Å². The summed E-state index contributed by atoms with van der Waals surface area (Å²) in [4.78, 5) is 9.12. The van der Waals surface area contributed by atoms with Crippen LogP contribution in [-0.2, 0) is 14.2 Å². The van der Waals surface area contributed by atoms with Gasteiger partial charge in [0.1, 0.15) is 30.2 Å². The van der Waals surface area contributed by atoms with E-state index in [0.29, 0.717) is 18.3 Å². The van der Waals surface area contributed by atoms with Crippen molar-refractivity contribution in [2.24, 2.45) is 5.73 Å². The molecule has 4 heterocycles. The van der Waals surface area contributed by atoms with Crippen molar-refractivity contribution < 1.29 is 19.3 Å². The Hall–Kier alpha value is -2.73. The van der Waals surface area contributed by atoms with Crippen LogP contribution in [0.5, 0.6) is 0 Å². The van der Waals surface area contributed by atoms with Gasteiger partial charge in [0.2, 0.25) is 0 Å². The number of aliphatic hydroxyl groups excluding tert-OH is 1. The largest absolute Gasteiger partial charge is 0.388 e. The van der Waals surface area contributed by atoms with Gasteiger partial charge >= 0.3 is 0 Å². The van der Waals surface area contributed by atoms with Crippen LogP contribution in [0.2, 0.25) is 0 Å². The molecule has 2 aromatic carbocycles. The molecule has 3 unspecified atom stereocenters. The van der Waals surface area contributed by atoms with Gasteiger partial charge in [-0.25, -0.2) is 14.6 Å². The van der Waals surface area contributed by atoms with Gasteiger partial charge in [-0.05, 0) is 32.0 Å². The monoisotopic (exact) mass is 479 g/mol. The molecular formula is C24H25N5O4S. The fourth-order valence-electron chi connectivity index (χ4n) is 4.63. The van der Waals surface area contributed by atoms with Crippen molar-refractivity contribution in [2.45, 2.75) is 50.6 Å². The summed E-state index contributed by atoms with van der Waals surface area (Å²) in [6, 6.07) is 14.9. The summed E-state index contributed by atoms with van der Waals surface area (Å²) in [7, 11) is 0. The number of thiazole rings is 1. The molecule has 34 heavy (non-hydrogen) atoms. The summed E-state index contributed by atoms with van der Waals surface area (Å²) in [6.45, 7) is 4.08. The first kappa shape index (κ1) is 21.8. The summed E-state index contributed by atoms with van der Waals surface area (Å²) in [6.07, 6.45) is -3.33. The maximum atomic E-state index is 11.2. The number of benzene rings is 2. The van der Waals surface area contributed by atoms with Crippen LogP contribution < -0.4 is 5.73 Å². The Balaban J connectivity index is 1.30. The van der Waals surface area contributed by atoms with E-state index in [-0.39, 0.29) is 0 Å². The SMILES string of the molecule is Cc1nc([C@@H]2OC3COC(c4ccccc4)O[C@@H]3[C@H](N)C2O)n(-c2ccc3nc(C)sc3c2)n1. The number of hydrogen-bond donors (Lipinski definition) is 2. The number of aromatic nitrogens is 4. The Morgan fingerprint density at radius 1 is 1.09 bits per heavy atom. The second-order valence-electron chi connectivity index (χ2n) is 8.65. The van der Waals surface area contributed by atoms with Crippen LogP contribution in [0.15, 0.2) is 48.5 Å². The lowest BCUT2D eigenvalue weighted by atomic mass is 9.92. The number of aliphatic hydroxyl groups is 1. The Bertz CT molecular complexity index is 1320. The van der Waals surface area contributed by atoms with Gasteiger partial charge in [-0.3, -0.25) is 0 Å². The first-order valence-electron chi connectivity index (χ1n) is 11.2. The van der Waals surface area contributed by atoms with E-state index in [4.69, 9.17) is 19.9 Å². The molecule has 9 nitrogen and oxygen atoms in total. The highest BCUT2D eigenvalue weighted by Gasteiger charge is 2.49. The Morgan fingerprint density at radius 3 is 2.74 bits per heavy atom. The zero-order chi connectivity index (χ0) is 23.4. The van der Waals surface area contributed by atoms with Crippen molar-refractivity contribution in [3.63, 3.8) is 0 Å². The number of ether oxygens (including phenoxy) is 3. The van der Waals surface area contributed by atoms with E-state index in [9.17, 15) is 5.11 Å². The third-order valence-electron chi connectivity index (χ3n) is 6.25. The van der Waals surface area contributed by atoms with Crippen LogP contribution in [0, 0.1) is 13.8 Å². The summed E-state index contributed by atoms with van der Waals surface area (Å²) >= 11 is 1.62. The van der Waals surface area contributed by atoms with Crippen molar-refractivity contribution in [1.29, 1.82) is 0 Å². The van der Waals surface area contributed by atoms with E-state index in [0.717, 1.165) is 26.5 Å². The Morgan fingerprint density at radius 2 is 1.91 bits per heavy atom. The number of hydrogen-bond acceptors (Lipinski definition) is 9. The minimum atomic E-state index is -1.03. The molecule has 0 bridgehead atoms. The van der Waals surface area contributed by atoms with Gasteiger partial charge in [0, 0.05) is 5.56 Å². The molecule has 2 aliphatic heterocycles. The van der Waals surface area contributed by atoms with Gasteiger partial charge in [-0.15, -0.1) is 11.3 Å². The highest BCUT2D eigenvalue weighted by Crippen LogP contribution is 2.38. The second kappa shape index (κ2) is 8.49. The molecule has 6 atom stereocenters. The van der Waals surface area contributed by atoms with E-state index < -0.39 is 36.7 Å². The molecule has 176 valence electrons. The normalized spacial score (nSPS) is 29.3. The maximum Gasteiger partial charge on any atom is 0.184 e. The van der Waals surface area contributed by atoms with Gasteiger partial charge in [0.25, 0.3) is 0 Å². The molecule has 2 fully saturated rings. The predicted octanol–water partition coefficient (Wildman–Crippen LogP) is 2.74. The Labute approximate surface area is 200 Å². The Kier molecular flexibility index (Phi) is 5.44. The van der Waals surface area contributed by atoms with Crippen LogP contribution in [-0.4, -0.2) is 55.8 Å². The van der Waals surface area contributed by atoms with Crippen LogP contribution in [0.25, 0.3) is 15.9 Å². The van der Waals surface area contributed by atoms with E-state index in [1.165, 1.54) is 0 Å². The van der Waals surface area contributed by atoms with Crippen LogP contribution >= 0.6 is 11.3 Å². The van der Waals surface area contributed by atoms with E-state index >= 15 is 0 Å². The number of nitrogens with zero attached hydrogens (tertiary/aromatic N) is 4. The second-order valence-corrected chi connectivity index (χ2v) is 9.89. The van der Waals surface area contributed by atoms with Gasteiger partial charge in [0.05, 0.1) is 33.6 Å². The average molecular weight is 480 g/mol. The zero-order valence-corrected chi connectivity index (χ0v) is 19.6. The lowest BCUT2D eigenvalue weighted by molar-refractivity contribution is -0.309. The predicted molar refractivity (Wildman–Crippen MR) is 126 cm³/mol. The summed E-state index contributed by atoms with van der Waals surface area (Å²) < 4.78 is 21.1. The van der Waals surface area contributed by atoms with Crippen LogP contribution in [0.1, 0.15) is 34.6 Å². The third kappa shape index (κ3) is 3.72. The van der Waals surface area contributed by atoms with Gasteiger partial charge < -0.3 is 25.1 Å². The van der Waals surface area contributed by atoms with E-state index in [1.807, 2.05) is 62.4 Å². The molecule has 4 aromatic rings. The fraction of sp³-hybridized carbons (Fsp3) is 0.375. The molecule has 10 heteroatoms. The van der Waals surface area contributed by atoms with Crippen LogP contribution in [0.3, 0.4) is 0 Å². The summed E-state index contributed by atoms with van der Waals surface area (Å²) in [5, 5.41) is 16.8. The molecule has 3 N–H and O–H groups in total. The molecule has 0 radical (unpaired) electrons. The topological polar surface area (TPSA) is 118 Å². The summed E-state index contributed by atoms with van der Waals surface area (Å²) in [5.41, 5.74) is 9.15. The molecule has 2 saturated heterocycles. The molecule has 0 saturated carbocycles. The maximum absolute atomic E-state index is 11.2. The molecule has 0 spiro atoms. The first-order chi connectivity index (χ1) is 16.5. The number of rotatable bonds is 3.